The molecule has 0 bridgehead atoms. The molecule has 2 aliphatic carbocycles. The van der Waals surface area contributed by atoms with Crippen molar-refractivity contribution in [2.75, 3.05) is 7.11 Å². The smallest absolute Gasteiger partial charge is 0.337 e. The molecule has 1 N–H and O–H groups in total. The van der Waals surface area contributed by atoms with Crippen LogP contribution < -0.4 is 5.32 Å². The van der Waals surface area contributed by atoms with E-state index in [0.717, 1.165) is 36.9 Å². The number of hydrogen-bond donors (Lipinski definition) is 1. The van der Waals surface area contributed by atoms with Gasteiger partial charge in [0.2, 0.25) is 0 Å². The molecule has 6 nitrogen and oxygen atoms in total. The second kappa shape index (κ2) is 9.10. The Morgan fingerprint density at radius 1 is 1.12 bits per heavy atom. The highest BCUT2D eigenvalue weighted by molar-refractivity contribution is 6.30. The van der Waals surface area contributed by atoms with Gasteiger partial charge in [-0.15, -0.1) is 0 Å². The van der Waals surface area contributed by atoms with Gasteiger partial charge in [0.1, 0.15) is 12.0 Å². The molecule has 170 valence electrons. The SMILES string of the molecule is COC(=O)[C@@H]1C(=O)C2=C(C[C@@H]1C)NC(C)=C(C(=O)OC1CCCC1)[C@H]2c1ccc(Cl)cc1. The highest BCUT2D eigenvalue weighted by atomic mass is 35.5. The van der Waals surface area contributed by atoms with Crippen molar-refractivity contribution in [2.24, 2.45) is 11.8 Å². The first-order valence-corrected chi connectivity index (χ1v) is 11.5. The van der Waals surface area contributed by atoms with Gasteiger partial charge in [0.15, 0.2) is 5.78 Å². The van der Waals surface area contributed by atoms with Crippen LogP contribution in [0.4, 0.5) is 0 Å². The molecule has 0 saturated heterocycles. The van der Waals surface area contributed by atoms with Crippen molar-refractivity contribution in [3.63, 3.8) is 0 Å². The van der Waals surface area contributed by atoms with Gasteiger partial charge in [0.25, 0.3) is 0 Å². The van der Waals surface area contributed by atoms with Gasteiger partial charge in [-0.25, -0.2) is 4.79 Å². The number of hydrogen-bond acceptors (Lipinski definition) is 6. The van der Waals surface area contributed by atoms with E-state index in [1.54, 1.807) is 12.1 Å². The van der Waals surface area contributed by atoms with Crippen LogP contribution in [0, 0.1) is 11.8 Å². The summed E-state index contributed by atoms with van der Waals surface area (Å²) >= 11 is 6.10. The summed E-state index contributed by atoms with van der Waals surface area (Å²) in [4.78, 5) is 39.5. The number of nitrogens with one attached hydrogen (secondary N) is 1. The number of ketones is 1. The molecule has 1 aromatic rings. The van der Waals surface area contributed by atoms with Gasteiger partial charge in [-0.3, -0.25) is 9.59 Å². The predicted octanol–water partition coefficient (Wildman–Crippen LogP) is 4.44. The van der Waals surface area contributed by atoms with E-state index in [2.05, 4.69) is 5.32 Å². The van der Waals surface area contributed by atoms with Crippen LogP contribution in [0.15, 0.2) is 46.8 Å². The van der Waals surface area contributed by atoms with Crippen molar-refractivity contribution < 1.29 is 23.9 Å². The normalized spacial score (nSPS) is 26.0. The molecular weight excluding hydrogens is 430 g/mol. The third-order valence-electron chi connectivity index (χ3n) is 6.74. The van der Waals surface area contributed by atoms with E-state index in [1.807, 2.05) is 26.0 Å². The average Bonchev–Trinajstić information content (AvgIpc) is 3.26. The molecule has 7 heteroatoms. The van der Waals surface area contributed by atoms with Crippen LogP contribution >= 0.6 is 11.6 Å². The van der Waals surface area contributed by atoms with Gasteiger partial charge in [-0.1, -0.05) is 30.7 Å². The number of esters is 2. The molecule has 1 heterocycles. The highest BCUT2D eigenvalue weighted by Crippen LogP contribution is 2.45. The number of halogens is 1. The Hall–Kier alpha value is -2.60. The number of carbonyl (C=O) groups excluding carboxylic acids is 3. The second-order valence-electron chi connectivity index (χ2n) is 8.90. The minimum Gasteiger partial charge on any atom is -0.468 e. The summed E-state index contributed by atoms with van der Waals surface area (Å²) in [6.45, 7) is 3.70. The topological polar surface area (TPSA) is 81.7 Å². The lowest BCUT2D eigenvalue weighted by molar-refractivity contribution is -0.151. The summed E-state index contributed by atoms with van der Waals surface area (Å²) in [6, 6.07) is 7.11. The Morgan fingerprint density at radius 3 is 2.41 bits per heavy atom. The Bertz CT molecular complexity index is 1000. The van der Waals surface area contributed by atoms with Crippen molar-refractivity contribution in [3.05, 3.63) is 57.4 Å². The van der Waals surface area contributed by atoms with E-state index in [4.69, 9.17) is 21.1 Å². The fraction of sp³-hybridized carbons (Fsp3) is 0.480. The lowest BCUT2D eigenvalue weighted by Crippen LogP contribution is -2.43. The number of ether oxygens (including phenoxy) is 2. The van der Waals surface area contributed by atoms with Crippen molar-refractivity contribution in [1.82, 2.24) is 5.32 Å². The average molecular weight is 458 g/mol. The molecule has 0 spiro atoms. The third kappa shape index (κ3) is 4.08. The molecule has 3 atom stereocenters. The number of carbonyl (C=O) groups is 3. The van der Waals surface area contributed by atoms with Crippen LogP contribution in [0.1, 0.15) is 57.4 Å². The first kappa shape index (κ1) is 22.6. The summed E-state index contributed by atoms with van der Waals surface area (Å²) < 4.78 is 10.8. The molecule has 1 aromatic carbocycles. The lowest BCUT2D eigenvalue weighted by Gasteiger charge is -2.38. The van der Waals surface area contributed by atoms with E-state index in [-0.39, 0.29) is 17.8 Å². The van der Waals surface area contributed by atoms with Crippen LogP contribution in [0.2, 0.25) is 5.02 Å². The van der Waals surface area contributed by atoms with E-state index < -0.39 is 23.8 Å². The third-order valence-corrected chi connectivity index (χ3v) is 6.99. The molecule has 32 heavy (non-hydrogen) atoms. The van der Waals surface area contributed by atoms with Gasteiger partial charge in [-0.05, 0) is 62.6 Å². The Kier molecular flexibility index (Phi) is 6.42. The van der Waals surface area contributed by atoms with Crippen LogP contribution in [-0.4, -0.2) is 30.9 Å². The molecule has 1 aliphatic heterocycles. The maximum Gasteiger partial charge on any atom is 0.337 e. The monoisotopic (exact) mass is 457 g/mol. The maximum absolute atomic E-state index is 13.6. The zero-order valence-electron chi connectivity index (χ0n) is 18.6. The quantitative estimate of drug-likeness (QED) is 0.531. The summed E-state index contributed by atoms with van der Waals surface area (Å²) in [6.07, 6.45) is 4.20. The molecule has 0 amide bonds. The minimum absolute atomic E-state index is 0.103. The van der Waals surface area contributed by atoms with E-state index in [1.165, 1.54) is 7.11 Å². The second-order valence-corrected chi connectivity index (χ2v) is 9.34. The molecule has 0 radical (unpaired) electrons. The van der Waals surface area contributed by atoms with Crippen molar-refractivity contribution >= 4 is 29.3 Å². The number of dihydropyridines is 1. The lowest BCUT2D eigenvalue weighted by atomic mass is 9.69. The predicted molar refractivity (Wildman–Crippen MR) is 120 cm³/mol. The fourth-order valence-electron chi connectivity index (χ4n) is 5.16. The zero-order valence-corrected chi connectivity index (χ0v) is 19.3. The first-order chi connectivity index (χ1) is 15.3. The molecule has 3 aliphatic rings. The number of Topliss-reactive ketones (excluding diaryl/α,β-unsaturated/α-hetero) is 1. The fourth-order valence-corrected chi connectivity index (χ4v) is 5.29. The van der Waals surface area contributed by atoms with Crippen LogP contribution in [-0.2, 0) is 23.9 Å². The van der Waals surface area contributed by atoms with Gasteiger partial charge >= 0.3 is 11.9 Å². The molecule has 1 saturated carbocycles. The van der Waals surface area contributed by atoms with Crippen LogP contribution in [0.3, 0.4) is 0 Å². The van der Waals surface area contributed by atoms with E-state index >= 15 is 0 Å². The van der Waals surface area contributed by atoms with E-state index in [0.29, 0.717) is 28.3 Å². The van der Waals surface area contributed by atoms with Gasteiger partial charge < -0.3 is 14.8 Å². The number of rotatable bonds is 4. The largest absolute Gasteiger partial charge is 0.468 e. The Labute approximate surface area is 193 Å². The summed E-state index contributed by atoms with van der Waals surface area (Å²) in [7, 11) is 1.29. The first-order valence-electron chi connectivity index (χ1n) is 11.1. The van der Waals surface area contributed by atoms with Gasteiger partial charge in [0, 0.05) is 27.9 Å². The molecule has 1 fully saturated rings. The number of methoxy groups -OCH3 is 1. The number of allylic oxidation sites excluding steroid dienone is 3. The number of benzene rings is 1. The highest BCUT2D eigenvalue weighted by Gasteiger charge is 2.47. The van der Waals surface area contributed by atoms with Crippen LogP contribution in [0.25, 0.3) is 0 Å². The molecular formula is C25H28ClNO5. The standard InChI is InChI=1S/C25H28ClNO5/c1-13-12-18-22(23(28)19(13)24(29)31-3)21(15-8-10-16(26)11-9-15)20(14(2)27-18)25(30)32-17-6-4-5-7-17/h8-11,13,17,19,21,27H,4-7,12H2,1-3H3/t13-,19-,21+/m0/s1. The summed E-state index contributed by atoms with van der Waals surface area (Å²) in [5, 5.41) is 3.84. The van der Waals surface area contributed by atoms with E-state index in [9.17, 15) is 14.4 Å². The Morgan fingerprint density at radius 2 is 1.78 bits per heavy atom. The zero-order chi connectivity index (χ0) is 23.0. The van der Waals surface area contributed by atoms with Crippen LogP contribution in [0.5, 0.6) is 0 Å². The van der Waals surface area contributed by atoms with Gasteiger partial charge in [-0.2, -0.15) is 0 Å². The van der Waals surface area contributed by atoms with Gasteiger partial charge in [0.05, 0.1) is 12.7 Å². The van der Waals surface area contributed by atoms with Crippen molar-refractivity contribution in [3.8, 4) is 0 Å². The molecule has 4 rings (SSSR count). The molecule has 0 unspecified atom stereocenters. The molecule has 0 aromatic heterocycles. The summed E-state index contributed by atoms with van der Waals surface area (Å²) in [5.74, 6) is -3.03. The summed E-state index contributed by atoms with van der Waals surface area (Å²) in [5.41, 5.74) is 3.02. The van der Waals surface area contributed by atoms with Crippen molar-refractivity contribution in [2.45, 2.75) is 58.0 Å². The minimum atomic E-state index is -0.902. The van der Waals surface area contributed by atoms with Crippen molar-refractivity contribution in [1.29, 1.82) is 0 Å². The maximum atomic E-state index is 13.6. The Balaban J connectivity index is 1.79.